The van der Waals surface area contributed by atoms with Gasteiger partial charge in [-0.25, -0.2) is 0 Å². The van der Waals surface area contributed by atoms with E-state index >= 15 is 0 Å². The van der Waals surface area contributed by atoms with Crippen LogP contribution in [0.3, 0.4) is 0 Å². The summed E-state index contributed by atoms with van der Waals surface area (Å²) in [5.41, 5.74) is 1.28. The van der Waals surface area contributed by atoms with Gasteiger partial charge in [-0.2, -0.15) is 5.26 Å². The number of esters is 1. The zero-order valence-corrected chi connectivity index (χ0v) is 14.2. The third-order valence-corrected chi connectivity index (χ3v) is 3.41. The Bertz CT molecular complexity index is 842. The summed E-state index contributed by atoms with van der Waals surface area (Å²) in [6.07, 6.45) is 0. The zero-order chi connectivity index (χ0) is 18.9. The zero-order valence-electron chi connectivity index (χ0n) is 13.5. The van der Waals surface area contributed by atoms with Crippen LogP contribution in [0.1, 0.15) is 15.9 Å². The predicted octanol–water partition coefficient (Wildman–Crippen LogP) is 2.12. The van der Waals surface area contributed by atoms with Crippen LogP contribution in [0, 0.1) is 11.3 Å². The predicted molar refractivity (Wildman–Crippen MR) is 94.5 cm³/mol. The van der Waals surface area contributed by atoms with Gasteiger partial charge in [-0.05, 0) is 48.5 Å². The minimum atomic E-state index is -0.748. The van der Waals surface area contributed by atoms with Gasteiger partial charge in [0.1, 0.15) is 6.54 Å². The molecule has 0 aliphatic rings. The molecule has 2 N–H and O–H groups in total. The smallest absolute Gasteiger partial charge is 0.325 e. The maximum Gasteiger partial charge on any atom is 0.325 e. The molecule has 0 aromatic heterocycles. The van der Waals surface area contributed by atoms with Crippen LogP contribution in [-0.4, -0.2) is 30.9 Å². The normalized spacial score (nSPS) is 9.69. The van der Waals surface area contributed by atoms with E-state index in [9.17, 15) is 14.4 Å². The number of carbonyl (C=O) groups excluding carboxylic acids is 3. The van der Waals surface area contributed by atoms with Crippen LogP contribution in [0.25, 0.3) is 0 Å². The van der Waals surface area contributed by atoms with E-state index in [0.29, 0.717) is 21.8 Å². The van der Waals surface area contributed by atoms with Crippen LogP contribution in [0.2, 0.25) is 5.02 Å². The number of anilines is 1. The number of hydrogen-bond donors (Lipinski definition) is 2. The van der Waals surface area contributed by atoms with Crippen molar-refractivity contribution in [3.05, 3.63) is 64.7 Å². The second-order valence-corrected chi connectivity index (χ2v) is 5.52. The van der Waals surface area contributed by atoms with Crippen molar-refractivity contribution in [1.29, 1.82) is 5.26 Å². The fourth-order valence-electron chi connectivity index (χ4n) is 1.88. The highest BCUT2D eigenvalue weighted by molar-refractivity contribution is 6.30. The number of nitriles is 1. The number of nitrogens with zero attached hydrogens (tertiary/aromatic N) is 1. The second-order valence-electron chi connectivity index (χ2n) is 5.09. The minimum absolute atomic E-state index is 0.348. The molecule has 0 aliphatic carbocycles. The van der Waals surface area contributed by atoms with Crippen molar-refractivity contribution in [1.82, 2.24) is 5.32 Å². The Balaban J connectivity index is 1.72. The summed E-state index contributed by atoms with van der Waals surface area (Å²) in [7, 11) is 0. The lowest BCUT2D eigenvalue weighted by molar-refractivity contribution is -0.146. The van der Waals surface area contributed by atoms with Gasteiger partial charge in [0.15, 0.2) is 6.61 Å². The van der Waals surface area contributed by atoms with Crippen molar-refractivity contribution in [2.45, 2.75) is 0 Å². The molecule has 0 saturated carbocycles. The molecule has 0 aliphatic heterocycles. The molecule has 8 heteroatoms. The van der Waals surface area contributed by atoms with Gasteiger partial charge >= 0.3 is 5.97 Å². The fraction of sp³-hybridized carbons (Fsp3) is 0.111. The van der Waals surface area contributed by atoms with E-state index in [2.05, 4.69) is 10.6 Å². The Kier molecular flexibility index (Phi) is 6.71. The molecule has 0 fully saturated rings. The standard InChI is InChI=1S/C18H14ClN3O4/c19-14-5-3-13(4-6-14)18(25)21-10-17(24)26-11-16(23)22-15-7-1-12(9-20)2-8-15/h1-8H,10-11H2,(H,21,25)(H,22,23). The van der Waals surface area contributed by atoms with Crippen molar-refractivity contribution < 1.29 is 19.1 Å². The van der Waals surface area contributed by atoms with Crippen LogP contribution in [0.5, 0.6) is 0 Å². The molecular formula is C18H14ClN3O4. The molecule has 0 bridgehead atoms. The van der Waals surface area contributed by atoms with Gasteiger partial charge in [0.25, 0.3) is 11.8 Å². The van der Waals surface area contributed by atoms with Gasteiger partial charge in [0, 0.05) is 16.3 Å². The summed E-state index contributed by atoms with van der Waals surface area (Å²) in [5, 5.41) is 14.1. The number of nitrogens with one attached hydrogen (secondary N) is 2. The molecule has 0 saturated heterocycles. The van der Waals surface area contributed by atoms with Crippen LogP contribution in [0.15, 0.2) is 48.5 Å². The van der Waals surface area contributed by atoms with Gasteiger partial charge < -0.3 is 15.4 Å². The summed E-state index contributed by atoms with van der Waals surface area (Å²) in [6.45, 7) is -0.860. The van der Waals surface area contributed by atoms with Crippen molar-refractivity contribution in [2.24, 2.45) is 0 Å². The Morgan fingerprint density at radius 1 is 1.04 bits per heavy atom. The quantitative estimate of drug-likeness (QED) is 0.756. The van der Waals surface area contributed by atoms with Gasteiger partial charge in [-0.15, -0.1) is 0 Å². The molecule has 26 heavy (non-hydrogen) atoms. The summed E-state index contributed by atoms with van der Waals surface area (Å²) >= 11 is 5.73. The van der Waals surface area contributed by atoms with E-state index in [1.54, 1.807) is 36.4 Å². The Morgan fingerprint density at radius 2 is 1.69 bits per heavy atom. The van der Waals surface area contributed by atoms with Gasteiger partial charge in [0.2, 0.25) is 0 Å². The highest BCUT2D eigenvalue weighted by atomic mass is 35.5. The van der Waals surface area contributed by atoms with Crippen LogP contribution >= 0.6 is 11.6 Å². The van der Waals surface area contributed by atoms with E-state index in [4.69, 9.17) is 21.6 Å². The molecule has 0 radical (unpaired) electrons. The van der Waals surface area contributed by atoms with Crippen LogP contribution in [-0.2, 0) is 14.3 Å². The lowest BCUT2D eigenvalue weighted by Gasteiger charge is -2.08. The van der Waals surface area contributed by atoms with Crippen molar-refractivity contribution >= 4 is 35.1 Å². The van der Waals surface area contributed by atoms with Crippen molar-refractivity contribution in [2.75, 3.05) is 18.5 Å². The van der Waals surface area contributed by atoms with Crippen LogP contribution < -0.4 is 10.6 Å². The number of hydrogen-bond acceptors (Lipinski definition) is 5. The number of carbonyl (C=O) groups is 3. The molecule has 132 valence electrons. The van der Waals surface area contributed by atoms with Gasteiger partial charge in [-0.3, -0.25) is 14.4 Å². The SMILES string of the molecule is N#Cc1ccc(NC(=O)COC(=O)CNC(=O)c2ccc(Cl)cc2)cc1. The maximum absolute atomic E-state index is 11.8. The highest BCUT2D eigenvalue weighted by Crippen LogP contribution is 2.09. The van der Waals surface area contributed by atoms with E-state index in [1.165, 1.54) is 12.1 Å². The molecule has 2 aromatic carbocycles. The van der Waals surface area contributed by atoms with E-state index in [-0.39, 0.29) is 6.54 Å². The third kappa shape index (κ3) is 5.92. The molecule has 0 unspecified atom stereocenters. The summed E-state index contributed by atoms with van der Waals surface area (Å²) in [6, 6.07) is 14.3. The molecule has 2 aromatic rings. The summed E-state index contributed by atoms with van der Waals surface area (Å²) < 4.78 is 4.79. The molecule has 2 rings (SSSR count). The third-order valence-electron chi connectivity index (χ3n) is 3.16. The number of amides is 2. The van der Waals surface area contributed by atoms with Crippen molar-refractivity contribution in [3.8, 4) is 6.07 Å². The van der Waals surface area contributed by atoms with E-state index in [0.717, 1.165) is 0 Å². The first-order chi connectivity index (χ1) is 12.5. The molecule has 0 spiro atoms. The number of halogens is 1. The molecule has 7 nitrogen and oxygen atoms in total. The highest BCUT2D eigenvalue weighted by Gasteiger charge is 2.11. The summed E-state index contributed by atoms with van der Waals surface area (Å²) in [5.74, 6) is -1.74. The topological polar surface area (TPSA) is 108 Å². The minimum Gasteiger partial charge on any atom is -0.454 e. The monoisotopic (exact) mass is 371 g/mol. The Labute approximate surface area is 154 Å². The number of rotatable bonds is 6. The number of ether oxygens (including phenoxy) is 1. The fourth-order valence-corrected chi connectivity index (χ4v) is 2.00. The maximum atomic E-state index is 11.8. The van der Waals surface area contributed by atoms with E-state index < -0.39 is 24.4 Å². The average molecular weight is 372 g/mol. The Hall–Kier alpha value is -3.37. The number of benzene rings is 2. The Morgan fingerprint density at radius 3 is 2.31 bits per heavy atom. The lowest BCUT2D eigenvalue weighted by Crippen LogP contribution is -2.32. The van der Waals surface area contributed by atoms with Crippen molar-refractivity contribution in [3.63, 3.8) is 0 Å². The largest absolute Gasteiger partial charge is 0.454 e. The molecule has 0 heterocycles. The van der Waals surface area contributed by atoms with Crippen LogP contribution in [0.4, 0.5) is 5.69 Å². The molecule has 0 atom stereocenters. The second kappa shape index (κ2) is 9.20. The lowest BCUT2D eigenvalue weighted by atomic mass is 10.2. The van der Waals surface area contributed by atoms with Gasteiger partial charge in [0.05, 0.1) is 11.6 Å². The van der Waals surface area contributed by atoms with E-state index in [1.807, 2.05) is 6.07 Å². The summed E-state index contributed by atoms with van der Waals surface area (Å²) in [4.78, 5) is 35.1. The average Bonchev–Trinajstić information content (AvgIpc) is 2.65. The molecule has 2 amide bonds. The van der Waals surface area contributed by atoms with Gasteiger partial charge in [-0.1, -0.05) is 11.6 Å². The molecular weight excluding hydrogens is 358 g/mol. The first-order valence-electron chi connectivity index (χ1n) is 7.47. The first-order valence-corrected chi connectivity index (χ1v) is 7.85. The first kappa shape index (κ1) is 19.0.